The molecule has 0 aliphatic heterocycles. The van der Waals surface area contributed by atoms with Crippen LogP contribution in [-0.4, -0.2) is 11.9 Å². The van der Waals surface area contributed by atoms with Crippen molar-refractivity contribution in [2.75, 3.05) is 5.32 Å². The highest BCUT2D eigenvalue weighted by molar-refractivity contribution is 5.95. The van der Waals surface area contributed by atoms with Gasteiger partial charge in [-0.3, -0.25) is 4.79 Å². The molecular weight excluding hydrogens is 249 g/mol. The molecule has 1 aromatic rings. The van der Waals surface area contributed by atoms with Crippen molar-refractivity contribution in [1.29, 1.82) is 0 Å². The number of hydrogen-bond donors (Lipinski definition) is 1. The van der Waals surface area contributed by atoms with Gasteiger partial charge in [-0.15, -0.1) is 0 Å². The highest BCUT2D eigenvalue weighted by Crippen LogP contribution is 2.26. The zero-order chi connectivity index (χ0) is 13.8. The number of aliphatic carboxylic acids is 1. The number of hydrogen-bond acceptors (Lipinski definition) is 3. The van der Waals surface area contributed by atoms with Crippen LogP contribution in [0, 0.1) is 17.7 Å². The first-order valence-corrected chi connectivity index (χ1v) is 6.00. The fourth-order valence-corrected chi connectivity index (χ4v) is 2.17. The molecule has 1 aliphatic carbocycles. The summed E-state index contributed by atoms with van der Waals surface area (Å²) in [5, 5.41) is 13.5. The summed E-state index contributed by atoms with van der Waals surface area (Å²) < 4.78 is 13.0. The van der Waals surface area contributed by atoms with E-state index in [2.05, 4.69) is 5.32 Å². The minimum absolute atomic E-state index is 0.281. The van der Waals surface area contributed by atoms with Crippen molar-refractivity contribution in [3.63, 3.8) is 0 Å². The maximum Gasteiger partial charge on any atom is 0.228 e. The van der Waals surface area contributed by atoms with Gasteiger partial charge in [-0.25, -0.2) is 4.39 Å². The van der Waals surface area contributed by atoms with Gasteiger partial charge in [0.15, 0.2) is 0 Å². The number of carboxylic acid groups (broad SMARTS) is 1. The van der Waals surface area contributed by atoms with Crippen molar-refractivity contribution in [3.8, 4) is 0 Å². The van der Waals surface area contributed by atoms with Gasteiger partial charge in [0, 0.05) is 17.6 Å². The molecule has 0 unspecified atom stereocenters. The number of anilines is 1. The van der Waals surface area contributed by atoms with E-state index in [1.54, 1.807) is 18.2 Å². The maximum absolute atomic E-state index is 13.0. The lowest BCUT2D eigenvalue weighted by molar-refractivity contribution is -0.313. The summed E-state index contributed by atoms with van der Waals surface area (Å²) in [7, 11) is 0. The number of benzene rings is 1. The third-order valence-electron chi connectivity index (χ3n) is 3.16. The Bertz CT molecular complexity index is 527. The van der Waals surface area contributed by atoms with E-state index < -0.39 is 29.5 Å². The Morgan fingerprint density at radius 2 is 1.89 bits per heavy atom. The van der Waals surface area contributed by atoms with Crippen molar-refractivity contribution in [3.05, 3.63) is 42.2 Å². The lowest BCUT2D eigenvalue weighted by Crippen LogP contribution is -2.41. The molecule has 0 aromatic heterocycles. The van der Waals surface area contributed by atoms with Gasteiger partial charge in [0.25, 0.3) is 0 Å². The van der Waals surface area contributed by atoms with E-state index in [9.17, 15) is 19.1 Å². The highest BCUT2D eigenvalue weighted by atomic mass is 19.1. The molecule has 0 saturated carbocycles. The maximum atomic E-state index is 13.0. The van der Waals surface area contributed by atoms with Crippen molar-refractivity contribution < 1.29 is 19.1 Å². The summed E-state index contributed by atoms with van der Waals surface area (Å²) in [4.78, 5) is 23.0. The average Bonchev–Trinajstić information content (AvgIpc) is 2.38. The van der Waals surface area contributed by atoms with E-state index in [1.165, 1.54) is 18.2 Å². The van der Waals surface area contributed by atoms with Crippen LogP contribution >= 0.6 is 0 Å². The molecule has 1 N–H and O–H groups in total. The van der Waals surface area contributed by atoms with E-state index in [0.717, 1.165) is 0 Å². The zero-order valence-electron chi connectivity index (χ0n) is 10.1. The van der Waals surface area contributed by atoms with E-state index >= 15 is 0 Å². The molecule has 0 radical (unpaired) electrons. The molecule has 0 saturated heterocycles. The van der Waals surface area contributed by atoms with Crippen LogP contribution in [0.4, 0.5) is 10.1 Å². The molecule has 2 rings (SSSR count). The van der Waals surface area contributed by atoms with Crippen LogP contribution in [0.2, 0.25) is 0 Å². The molecule has 0 heterocycles. The monoisotopic (exact) mass is 262 g/mol. The Kier molecular flexibility index (Phi) is 3.94. The molecule has 1 aliphatic rings. The molecule has 1 aromatic carbocycles. The van der Waals surface area contributed by atoms with Crippen LogP contribution in [0.25, 0.3) is 0 Å². The predicted octanol–water partition coefficient (Wildman–Crippen LogP) is 1.10. The SMILES string of the molecule is O=C([O-])[C@H]1CC=CC[C@@H]1C(=O)Nc1cccc(F)c1. The Balaban J connectivity index is 2.10. The predicted molar refractivity (Wildman–Crippen MR) is 65.4 cm³/mol. The van der Waals surface area contributed by atoms with Gasteiger partial charge in [0.2, 0.25) is 5.91 Å². The summed E-state index contributed by atoms with van der Waals surface area (Å²) in [5.41, 5.74) is 0.316. The number of carboxylic acids is 1. The third kappa shape index (κ3) is 3.19. The number of rotatable bonds is 3. The molecule has 19 heavy (non-hydrogen) atoms. The average molecular weight is 262 g/mol. The second kappa shape index (κ2) is 5.65. The topological polar surface area (TPSA) is 69.2 Å². The lowest BCUT2D eigenvalue weighted by Gasteiger charge is -2.28. The van der Waals surface area contributed by atoms with Crippen molar-refractivity contribution >= 4 is 17.6 Å². The molecule has 100 valence electrons. The molecule has 4 nitrogen and oxygen atoms in total. The Hall–Kier alpha value is -2.17. The molecular formula is C14H13FNO3-. The Labute approximate surface area is 109 Å². The quantitative estimate of drug-likeness (QED) is 0.829. The fourth-order valence-electron chi connectivity index (χ4n) is 2.17. The van der Waals surface area contributed by atoms with E-state index in [0.29, 0.717) is 12.1 Å². The molecule has 0 fully saturated rings. The summed E-state index contributed by atoms with van der Waals surface area (Å²) in [6, 6.07) is 5.48. The van der Waals surface area contributed by atoms with Gasteiger partial charge in [-0.1, -0.05) is 18.2 Å². The standard InChI is InChI=1S/C14H14FNO3/c15-9-4-3-5-10(8-9)16-13(17)11-6-1-2-7-12(11)14(18)19/h1-5,8,11-12H,6-7H2,(H,16,17)(H,18,19)/p-1/t11-,12-/m0/s1. The van der Waals surface area contributed by atoms with Gasteiger partial charge >= 0.3 is 0 Å². The van der Waals surface area contributed by atoms with Gasteiger partial charge in [-0.05, 0) is 31.0 Å². The smallest absolute Gasteiger partial charge is 0.228 e. The molecule has 1 amide bonds. The normalized spacial score (nSPS) is 21.9. The first kappa shape index (κ1) is 13.3. The van der Waals surface area contributed by atoms with Crippen molar-refractivity contribution in [1.82, 2.24) is 0 Å². The van der Waals surface area contributed by atoms with E-state index in [4.69, 9.17) is 0 Å². The third-order valence-corrected chi connectivity index (χ3v) is 3.16. The highest BCUT2D eigenvalue weighted by Gasteiger charge is 2.29. The van der Waals surface area contributed by atoms with Gasteiger partial charge in [0.05, 0.1) is 5.92 Å². The minimum atomic E-state index is -1.23. The Morgan fingerprint density at radius 3 is 2.53 bits per heavy atom. The van der Waals surface area contributed by atoms with Crippen molar-refractivity contribution in [2.24, 2.45) is 11.8 Å². The minimum Gasteiger partial charge on any atom is -0.550 e. The summed E-state index contributed by atoms with van der Waals surface area (Å²) in [6.45, 7) is 0. The molecule has 5 heteroatoms. The summed E-state index contributed by atoms with van der Waals surface area (Å²) in [5.74, 6) is -3.64. The Morgan fingerprint density at radius 1 is 1.21 bits per heavy atom. The number of carbonyl (C=O) groups is 2. The van der Waals surface area contributed by atoms with Gasteiger partial charge < -0.3 is 15.2 Å². The van der Waals surface area contributed by atoms with E-state index in [-0.39, 0.29) is 6.42 Å². The molecule has 0 spiro atoms. The molecule has 2 atom stereocenters. The number of nitrogens with one attached hydrogen (secondary N) is 1. The largest absolute Gasteiger partial charge is 0.550 e. The second-order valence-corrected chi connectivity index (χ2v) is 4.47. The van der Waals surface area contributed by atoms with E-state index in [1.807, 2.05) is 0 Å². The van der Waals surface area contributed by atoms with Crippen LogP contribution in [0.15, 0.2) is 36.4 Å². The first-order valence-electron chi connectivity index (χ1n) is 6.00. The number of carbonyl (C=O) groups excluding carboxylic acids is 2. The van der Waals surface area contributed by atoms with Crippen LogP contribution in [0.5, 0.6) is 0 Å². The van der Waals surface area contributed by atoms with Crippen LogP contribution in [0.3, 0.4) is 0 Å². The fraction of sp³-hybridized carbons (Fsp3) is 0.286. The number of amides is 1. The first-order chi connectivity index (χ1) is 9.08. The molecule has 0 bridgehead atoms. The zero-order valence-corrected chi connectivity index (χ0v) is 10.1. The summed E-state index contributed by atoms with van der Waals surface area (Å²) >= 11 is 0. The van der Waals surface area contributed by atoms with Gasteiger partial charge in [-0.2, -0.15) is 0 Å². The number of allylic oxidation sites excluding steroid dienone is 2. The number of halogens is 1. The van der Waals surface area contributed by atoms with Crippen LogP contribution < -0.4 is 10.4 Å². The van der Waals surface area contributed by atoms with Crippen LogP contribution in [0.1, 0.15) is 12.8 Å². The van der Waals surface area contributed by atoms with Crippen LogP contribution in [-0.2, 0) is 9.59 Å². The van der Waals surface area contributed by atoms with Crippen molar-refractivity contribution in [2.45, 2.75) is 12.8 Å². The second-order valence-electron chi connectivity index (χ2n) is 4.47. The summed E-state index contributed by atoms with van der Waals surface area (Å²) in [6.07, 6.45) is 4.13. The van der Waals surface area contributed by atoms with Gasteiger partial charge in [0.1, 0.15) is 5.82 Å². The lowest BCUT2D eigenvalue weighted by atomic mass is 9.82.